The van der Waals surface area contributed by atoms with E-state index in [1.807, 2.05) is 24.9 Å². The number of hydrogen-bond donors (Lipinski definition) is 1. The maximum atomic E-state index is 13.6. The van der Waals surface area contributed by atoms with Gasteiger partial charge in [-0.1, -0.05) is 19.1 Å². The Labute approximate surface area is 207 Å². The summed E-state index contributed by atoms with van der Waals surface area (Å²) < 4.78 is 17.5. The first-order valence-corrected chi connectivity index (χ1v) is 12.4. The van der Waals surface area contributed by atoms with Gasteiger partial charge in [-0.05, 0) is 46.9 Å². The molecule has 2 fully saturated rings. The fourth-order valence-corrected chi connectivity index (χ4v) is 8.22. The van der Waals surface area contributed by atoms with Crippen LogP contribution in [-0.4, -0.2) is 80.1 Å². The number of likely N-dealkylation sites (N-methyl/N-ethyl adjacent to an activating group) is 1. The Morgan fingerprint density at radius 1 is 1.26 bits per heavy atom. The average molecular weight is 535 g/mol. The van der Waals surface area contributed by atoms with Gasteiger partial charge in [-0.15, -0.1) is 0 Å². The molecular weight excluding hydrogens is 504 g/mol. The third kappa shape index (κ3) is 2.61. The van der Waals surface area contributed by atoms with Gasteiger partial charge >= 0.3 is 11.9 Å². The van der Waals surface area contributed by atoms with Crippen LogP contribution in [0.4, 0.5) is 5.69 Å². The van der Waals surface area contributed by atoms with Gasteiger partial charge in [0.1, 0.15) is 5.75 Å². The van der Waals surface area contributed by atoms with Gasteiger partial charge < -0.3 is 24.2 Å². The van der Waals surface area contributed by atoms with Gasteiger partial charge in [0.2, 0.25) is 5.60 Å². The molecule has 9 heteroatoms. The number of halogens is 1. The van der Waals surface area contributed by atoms with Crippen LogP contribution in [0.15, 0.2) is 28.8 Å². The molecule has 0 aromatic heterocycles. The van der Waals surface area contributed by atoms with Gasteiger partial charge in [0.05, 0.1) is 24.7 Å². The number of aliphatic hydroxyl groups is 1. The highest BCUT2D eigenvalue weighted by Gasteiger charge is 2.80. The Morgan fingerprint density at radius 3 is 2.62 bits per heavy atom. The zero-order valence-corrected chi connectivity index (χ0v) is 21.7. The van der Waals surface area contributed by atoms with Crippen LogP contribution < -0.4 is 9.64 Å². The van der Waals surface area contributed by atoms with Crippen molar-refractivity contribution in [3.8, 4) is 5.75 Å². The van der Waals surface area contributed by atoms with Gasteiger partial charge in [0, 0.05) is 49.1 Å². The molecule has 1 aliphatic carbocycles. The van der Waals surface area contributed by atoms with Crippen molar-refractivity contribution in [2.75, 3.05) is 39.3 Å². The minimum atomic E-state index is -2.10. The highest BCUT2D eigenvalue weighted by atomic mass is 79.9. The number of anilines is 1. The second kappa shape index (κ2) is 7.70. The van der Waals surface area contributed by atoms with Crippen LogP contribution in [-0.2, 0) is 24.5 Å². The number of benzene rings is 1. The van der Waals surface area contributed by atoms with Crippen molar-refractivity contribution in [1.29, 1.82) is 0 Å². The lowest BCUT2D eigenvalue weighted by Gasteiger charge is -2.63. The van der Waals surface area contributed by atoms with E-state index < -0.39 is 40.5 Å². The van der Waals surface area contributed by atoms with E-state index in [0.717, 1.165) is 35.2 Å². The summed E-state index contributed by atoms with van der Waals surface area (Å²) in [4.78, 5) is 30.3. The molecule has 1 N–H and O–H groups in total. The molecule has 184 valence electrons. The van der Waals surface area contributed by atoms with E-state index in [2.05, 4.69) is 39.0 Å². The van der Waals surface area contributed by atoms with Crippen molar-refractivity contribution in [3.05, 3.63) is 34.3 Å². The van der Waals surface area contributed by atoms with Gasteiger partial charge in [0.15, 0.2) is 6.10 Å². The number of carbonyl (C=O) groups is 2. The summed E-state index contributed by atoms with van der Waals surface area (Å²) in [6.07, 6.45) is 4.34. The topological polar surface area (TPSA) is 88.5 Å². The Morgan fingerprint density at radius 2 is 2.00 bits per heavy atom. The lowest BCUT2D eigenvalue weighted by atomic mass is 9.47. The van der Waals surface area contributed by atoms with Crippen LogP contribution in [0, 0.1) is 5.41 Å². The van der Waals surface area contributed by atoms with E-state index in [1.165, 1.54) is 14.0 Å². The fourth-order valence-electron chi connectivity index (χ4n) is 7.71. The van der Waals surface area contributed by atoms with Crippen LogP contribution in [0.3, 0.4) is 0 Å². The van der Waals surface area contributed by atoms with Crippen molar-refractivity contribution >= 4 is 33.6 Å². The first kappa shape index (κ1) is 23.6. The van der Waals surface area contributed by atoms with Gasteiger partial charge in [-0.3, -0.25) is 9.69 Å². The highest BCUT2D eigenvalue weighted by Crippen LogP contribution is 2.67. The largest absolute Gasteiger partial charge is 0.495 e. The number of ether oxygens (including phenoxy) is 3. The van der Waals surface area contributed by atoms with Crippen molar-refractivity contribution in [3.63, 3.8) is 0 Å². The maximum absolute atomic E-state index is 13.6. The number of fused-ring (bicyclic) bond motifs is 1. The Kier molecular flexibility index (Phi) is 5.35. The average Bonchev–Trinajstić information content (AvgIpc) is 3.32. The first-order chi connectivity index (χ1) is 16.1. The van der Waals surface area contributed by atoms with Crippen molar-refractivity contribution in [1.82, 2.24) is 4.90 Å². The molecule has 1 aromatic rings. The van der Waals surface area contributed by atoms with Gasteiger partial charge in [-0.2, -0.15) is 0 Å². The summed E-state index contributed by atoms with van der Waals surface area (Å²) in [5.41, 5.74) is -1.54. The molecule has 4 aliphatic rings. The molecule has 6 atom stereocenters. The van der Waals surface area contributed by atoms with Crippen LogP contribution in [0.2, 0.25) is 0 Å². The number of hydrogen-bond acceptors (Lipinski definition) is 8. The SMILES string of the molecule is CC[C@]12C=CCN3CC[C@]4(c5cc(Br)c(OC)cc5N(C)[C@@H]4[C@](O)(C(=O)OC)[C@@H]1OC(C)=O)[C@H]32. The molecule has 1 saturated heterocycles. The van der Waals surface area contributed by atoms with Crippen LogP contribution in [0.5, 0.6) is 5.75 Å². The molecule has 1 aromatic carbocycles. The number of methoxy groups -OCH3 is 2. The normalized spacial score (nSPS) is 37.6. The zero-order valence-electron chi connectivity index (χ0n) is 20.1. The third-order valence-electron chi connectivity index (χ3n) is 8.68. The van der Waals surface area contributed by atoms with Crippen LogP contribution in [0.1, 0.15) is 32.3 Å². The van der Waals surface area contributed by atoms with Crippen LogP contribution >= 0.6 is 15.9 Å². The van der Waals surface area contributed by atoms with E-state index >= 15 is 0 Å². The van der Waals surface area contributed by atoms with E-state index in [4.69, 9.17) is 14.2 Å². The molecule has 0 unspecified atom stereocenters. The lowest BCUT2D eigenvalue weighted by Crippen LogP contribution is -2.81. The minimum absolute atomic E-state index is 0.0849. The molecule has 1 saturated carbocycles. The van der Waals surface area contributed by atoms with E-state index in [9.17, 15) is 14.7 Å². The highest BCUT2D eigenvalue weighted by molar-refractivity contribution is 9.10. The second-order valence-electron chi connectivity index (χ2n) is 9.88. The molecular formula is C25H31BrN2O6. The molecule has 3 aliphatic heterocycles. The summed E-state index contributed by atoms with van der Waals surface area (Å²) in [5, 5.41) is 12.5. The Hall–Kier alpha value is -2.10. The summed E-state index contributed by atoms with van der Waals surface area (Å²) in [6.45, 7) is 4.91. The molecule has 8 nitrogen and oxygen atoms in total. The monoisotopic (exact) mass is 534 g/mol. The summed E-state index contributed by atoms with van der Waals surface area (Å²) in [5.74, 6) is -0.671. The molecule has 1 spiro atoms. The van der Waals surface area contributed by atoms with Crippen molar-refractivity contribution < 1.29 is 28.9 Å². The van der Waals surface area contributed by atoms with E-state index in [-0.39, 0.29) is 6.04 Å². The Bertz CT molecular complexity index is 1090. The zero-order chi connectivity index (χ0) is 24.6. The molecule has 3 heterocycles. The lowest BCUT2D eigenvalue weighted by molar-refractivity contribution is -0.228. The molecule has 0 bridgehead atoms. The van der Waals surface area contributed by atoms with Crippen molar-refractivity contribution in [2.45, 2.75) is 55.9 Å². The fraction of sp³-hybridized carbons (Fsp3) is 0.600. The molecule has 34 heavy (non-hydrogen) atoms. The number of carbonyl (C=O) groups excluding carboxylic acids is 2. The molecule has 0 radical (unpaired) electrons. The van der Waals surface area contributed by atoms with E-state index in [0.29, 0.717) is 12.2 Å². The number of nitrogens with zero attached hydrogens (tertiary/aromatic N) is 2. The summed E-state index contributed by atoms with van der Waals surface area (Å²) in [6, 6.07) is 3.22. The maximum Gasteiger partial charge on any atom is 0.344 e. The van der Waals surface area contributed by atoms with Crippen molar-refractivity contribution in [2.24, 2.45) is 5.41 Å². The predicted molar refractivity (Wildman–Crippen MR) is 129 cm³/mol. The molecule has 0 amide bonds. The standard InChI is InChI=1S/C25H31BrN2O6/c1-6-23-8-7-10-28-11-9-24(19(23)28)15-12-16(26)18(32-4)13-17(15)27(3)20(24)25(31,22(30)33-5)21(23)34-14(2)29/h7-8,12-13,19-21,31H,6,9-11H2,1-5H3/t19-,20+,21-,23-,24+,25-/m1/s1. The second-order valence-corrected chi connectivity index (χ2v) is 10.7. The first-order valence-electron chi connectivity index (χ1n) is 11.6. The quantitative estimate of drug-likeness (QED) is 0.465. The van der Waals surface area contributed by atoms with Gasteiger partial charge in [0.25, 0.3) is 0 Å². The summed E-state index contributed by atoms with van der Waals surface area (Å²) in [7, 11) is 4.76. The Balaban J connectivity index is 1.88. The smallest absolute Gasteiger partial charge is 0.344 e. The predicted octanol–water partition coefficient (Wildman–Crippen LogP) is 2.40. The van der Waals surface area contributed by atoms with Gasteiger partial charge in [-0.25, -0.2) is 4.79 Å². The van der Waals surface area contributed by atoms with E-state index in [1.54, 1.807) is 7.11 Å². The minimum Gasteiger partial charge on any atom is -0.495 e. The number of rotatable bonds is 4. The number of esters is 2. The van der Waals surface area contributed by atoms with Crippen LogP contribution in [0.25, 0.3) is 0 Å². The summed E-state index contributed by atoms with van der Waals surface area (Å²) >= 11 is 3.65. The molecule has 5 rings (SSSR count). The third-order valence-corrected chi connectivity index (χ3v) is 9.30.